The van der Waals surface area contributed by atoms with Gasteiger partial charge < -0.3 is 9.47 Å². The maximum absolute atomic E-state index is 12.5. The highest BCUT2D eigenvalue weighted by molar-refractivity contribution is 6.30. The number of carbonyl (C=O) groups excluding carboxylic acids is 1. The number of hydrogen-bond acceptors (Lipinski definition) is 4. The fourth-order valence-electron chi connectivity index (χ4n) is 4.29. The summed E-state index contributed by atoms with van der Waals surface area (Å²) < 4.78 is 11.7. The Bertz CT molecular complexity index is 618. The predicted octanol–water partition coefficient (Wildman–Crippen LogP) is 3.70. The molecule has 25 heavy (non-hydrogen) atoms. The van der Waals surface area contributed by atoms with E-state index in [2.05, 4.69) is 4.90 Å². The average Bonchev–Trinajstić information content (AvgIpc) is 2.81. The van der Waals surface area contributed by atoms with Gasteiger partial charge in [-0.2, -0.15) is 0 Å². The molecule has 6 heteroatoms. The van der Waals surface area contributed by atoms with Crippen LogP contribution in [0.2, 0.25) is 5.02 Å². The van der Waals surface area contributed by atoms with Crippen molar-refractivity contribution in [1.29, 1.82) is 0 Å². The first-order chi connectivity index (χ1) is 12.2. The molecule has 1 atom stereocenters. The minimum atomic E-state index is -0.579. The van der Waals surface area contributed by atoms with Gasteiger partial charge in [-0.3, -0.25) is 9.80 Å². The normalized spacial score (nSPS) is 29.0. The van der Waals surface area contributed by atoms with Crippen molar-refractivity contribution in [3.8, 4) is 0 Å². The zero-order chi connectivity index (χ0) is 17.3. The zero-order valence-corrected chi connectivity index (χ0v) is 15.2. The summed E-state index contributed by atoms with van der Waals surface area (Å²) in [4.78, 5) is 16.7. The Labute approximate surface area is 153 Å². The second-order valence-corrected chi connectivity index (χ2v) is 7.86. The summed E-state index contributed by atoms with van der Waals surface area (Å²) in [6, 6.07) is 7.91. The Morgan fingerprint density at radius 1 is 1.08 bits per heavy atom. The molecular weight excluding hydrogens is 340 g/mol. The molecule has 1 spiro atoms. The summed E-state index contributed by atoms with van der Waals surface area (Å²) >= 11 is 5.96. The number of benzene rings is 1. The van der Waals surface area contributed by atoms with E-state index < -0.39 is 5.60 Å². The van der Waals surface area contributed by atoms with Crippen LogP contribution < -0.4 is 4.90 Å². The molecule has 0 radical (unpaired) electrons. The highest BCUT2D eigenvalue weighted by Crippen LogP contribution is 2.33. The Kier molecular flexibility index (Phi) is 4.89. The highest BCUT2D eigenvalue weighted by Gasteiger charge is 2.48. The van der Waals surface area contributed by atoms with Crippen LogP contribution in [0, 0.1) is 0 Å². The van der Waals surface area contributed by atoms with Gasteiger partial charge in [0.05, 0.1) is 19.8 Å². The van der Waals surface area contributed by atoms with E-state index >= 15 is 0 Å². The molecule has 1 unspecified atom stereocenters. The summed E-state index contributed by atoms with van der Waals surface area (Å²) in [6.07, 6.45) is 6.12. The van der Waals surface area contributed by atoms with E-state index in [0.717, 1.165) is 18.8 Å². The van der Waals surface area contributed by atoms with Crippen LogP contribution in [0.1, 0.15) is 32.1 Å². The molecule has 5 nitrogen and oxygen atoms in total. The SMILES string of the molecule is O=C1OC2(COCCN(C3CCCCC3)C2)CN1c1ccc(Cl)cc1. The van der Waals surface area contributed by atoms with Crippen LogP contribution in [0.5, 0.6) is 0 Å². The highest BCUT2D eigenvalue weighted by atomic mass is 35.5. The van der Waals surface area contributed by atoms with Crippen molar-refractivity contribution in [2.75, 3.05) is 37.7 Å². The molecule has 1 amide bonds. The lowest BCUT2D eigenvalue weighted by Gasteiger charge is -2.37. The zero-order valence-electron chi connectivity index (χ0n) is 14.5. The molecular formula is C19H25ClN2O3. The standard InChI is InChI=1S/C19H25ClN2O3/c20-15-6-8-17(9-7-15)22-13-19(25-18(22)23)12-21(10-11-24-14-19)16-4-2-1-3-5-16/h6-9,16H,1-5,10-14H2. The number of amides is 1. The smallest absolute Gasteiger partial charge is 0.415 e. The van der Waals surface area contributed by atoms with Crippen LogP contribution in [0.15, 0.2) is 24.3 Å². The van der Waals surface area contributed by atoms with Gasteiger partial charge in [0.15, 0.2) is 5.60 Å². The van der Waals surface area contributed by atoms with Crippen molar-refractivity contribution in [1.82, 2.24) is 4.90 Å². The third-order valence-electron chi connectivity index (χ3n) is 5.58. The molecule has 2 heterocycles. The molecule has 136 valence electrons. The van der Waals surface area contributed by atoms with Gasteiger partial charge in [0.2, 0.25) is 0 Å². The quantitative estimate of drug-likeness (QED) is 0.802. The number of ether oxygens (including phenoxy) is 2. The molecule has 3 fully saturated rings. The molecule has 4 rings (SSSR count). The maximum Gasteiger partial charge on any atom is 0.415 e. The Morgan fingerprint density at radius 2 is 1.84 bits per heavy atom. The van der Waals surface area contributed by atoms with Gasteiger partial charge >= 0.3 is 6.09 Å². The van der Waals surface area contributed by atoms with Crippen molar-refractivity contribution in [2.24, 2.45) is 0 Å². The minimum absolute atomic E-state index is 0.295. The Hall–Kier alpha value is -1.30. The first-order valence-corrected chi connectivity index (χ1v) is 9.61. The molecule has 0 bridgehead atoms. The lowest BCUT2D eigenvalue weighted by Crippen LogP contribution is -2.50. The topological polar surface area (TPSA) is 42.0 Å². The van der Waals surface area contributed by atoms with Crippen LogP contribution in [-0.4, -0.2) is 55.5 Å². The summed E-state index contributed by atoms with van der Waals surface area (Å²) in [7, 11) is 0. The van der Waals surface area contributed by atoms with E-state index in [1.807, 2.05) is 12.1 Å². The molecule has 0 N–H and O–H groups in total. The van der Waals surface area contributed by atoms with E-state index in [0.29, 0.717) is 30.8 Å². The summed E-state index contributed by atoms with van der Waals surface area (Å²) in [6.45, 7) is 3.37. The van der Waals surface area contributed by atoms with E-state index in [1.165, 1.54) is 32.1 Å². The maximum atomic E-state index is 12.5. The molecule has 0 aromatic heterocycles. The molecule has 2 saturated heterocycles. The molecule has 1 aromatic rings. The number of halogens is 1. The molecule has 3 aliphatic rings. The largest absolute Gasteiger partial charge is 0.437 e. The third-order valence-corrected chi connectivity index (χ3v) is 5.83. The van der Waals surface area contributed by atoms with Crippen molar-refractivity contribution in [3.05, 3.63) is 29.3 Å². The van der Waals surface area contributed by atoms with Crippen LogP contribution in [0.25, 0.3) is 0 Å². The van der Waals surface area contributed by atoms with Crippen LogP contribution in [0.4, 0.5) is 10.5 Å². The van der Waals surface area contributed by atoms with Gasteiger partial charge in [0.1, 0.15) is 0 Å². The summed E-state index contributed by atoms with van der Waals surface area (Å²) in [5.74, 6) is 0. The lowest BCUT2D eigenvalue weighted by molar-refractivity contribution is -0.0195. The van der Waals surface area contributed by atoms with Gasteiger partial charge in [-0.05, 0) is 37.1 Å². The molecule has 1 aliphatic carbocycles. The van der Waals surface area contributed by atoms with Gasteiger partial charge in [0, 0.05) is 29.8 Å². The van der Waals surface area contributed by atoms with Gasteiger partial charge in [0.25, 0.3) is 0 Å². The first-order valence-electron chi connectivity index (χ1n) is 9.23. The van der Waals surface area contributed by atoms with Gasteiger partial charge in [-0.15, -0.1) is 0 Å². The van der Waals surface area contributed by atoms with Crippen molar-refractivity contribution in [3.63, 3.8) is 0 Å². The lowest BCUT2D eigenvalue weighted by atomic mass is 9.93. The van der Waals surface area contributed by atoms with Crippen molar-refractivity contribution < 1.29 is 14.3 Å². The number of carbonyl (C=O) groups is 1. The molecule has 1 aromatic carbocycles. The summed E-state index contributed by atoms with van der Waals surface area (Å²) in [5, 5.41) is 0.660. The van der Waals surface area contributed by atoms with E-state index in [9.17, 15) is 4.79 Å². The molecule has 1 saturated carbocycles. The number of hydrogen-bond donors (Lipinski definition) is 0. The minimum Gasteiger partial charge on any atom is -0.437 e. The van der Waals surface area contributed by atoms with Crippen LogP contribution in [0.3, 0.4) is 0 Å². The second kappa shape index (κ2) is 7.14. The van der Waals surface area contributed by atoms with E-state index in [4.69, 9.17) is 21.1 Å². The average molecular weight is 365 g/mol. The van der Waals surface area contributed by atoms with Gasteiger partial charge in [-0.25, -0.2) is 4.79 Å². The number of nitrogens with zero attached hydrogens (tertiary/aromatic N) is 2. The third kappa shape index (κ3) is 3.64. The van der Waals surface area contributed by atoms with E-state index in [1.54, 1.807) is 17.0 Å². The fourth-order valence-corrected chi connectivity index (χ4v) is 4.42. The predicted molar refractivity (Wildman–Crippen MR) is 97.3 cm³/mol. The summed E-state index contributed by atoms with van der Waals surface area (Å²) in [5.41, 5.74) is 0.240. The van der Waals surface area contributed by atoms with Crippen molar-refractivity contribution in [2.45, 2.75) is 43.7 Å². The Balaban J connectivity index is 1.51. The van der Waals surface area contributed by atoms with Crippen LogP contribution in [-0.2, 0) is 9.47 Å². The Morgan fingerprint density at radius 3 is 2.60 bits per heavy atom. The monoisotopic (exact) mass is 364 g/mol. The number of rotatable bonds is 2. The second-order valence-electron chi connectivity index (χ2n) is 7.43. The fraction of sp³-hybridized carbons (Fsp3) is 0.632. The first kappa shape index (κ1) is 17.1. The van der Waals surface area contributed by atoms with Crippen LogP contribution >= 0.6 is 11.6 Å². The molecule has 2 aliphatic heterocycles. The number of anilines is 1. The van der Waals surface area contributed by atoms with E-state index in [-0.39, 0.29) is 6.09 Å². The van der Waals surface area contributed by atoms with Crippen molar-refractivity contribution >= 4 is 23.4 Å². The van der Waals surface area contributed by atoms with Gasteiger partial charge in [-0.1, -0.05) is 30.9 Å².